The van der Waals surface area contributed by atoms with Crippen molar-refractivity contribution in [1.82, 2.24) is 19.6 Å². The first-order valence-electron chi connectivity index (χ1n) is 10.3. The molecule has 2 aliphatic rings. The number of allylic oxidation sites excluding steroid dienone is 2. The van der Waals surface area contributed by atoms with E-state index in [2.05, 4.69) is 28.4 Å². The van der Waals surface area contributed by atoms with E-state index in [9.17, 15) is 4.79 Å². The molecule has 0 spiro atoms. The van der Waals surface area contributed by atoms with Crippen LogP contribution in [-0.4, -0.2) is 32.7 Å². The number of nitrogens with zero attached hydrogens (tertiary/aromatic N) is 4. The maximum Gasteiger partial charge on any atom is 0.256 e. The Kier molecular flexibility index (Phi) is 4.54. The molecule has 1 aromatic carbocycles. The molecule has 0 saturated carbocycles. The molecule has 2 aliphatic heterocycles. The Balaban J connectivity index is 1.29. The molecule has 0 N–H and O–H groups in total. The van der Waals surface area contributed by atoms with Gasteiger partial charge in [-0.3, -0.25) is 9.36 Å². The van der Waals surface area contributed by atoms with Gasteiger partial charge in [-0.25, -0.2) is 4.98 Å². The molecule has 3 aromatic rings. The summed E-state index contributed by atoms with van der Waals surface area (Å²) in [4.78, 5) is 19.8. The van der Waals surface area contributed by atoms with Gasteiger partial charge in [0.25, 0.3) is 5.56 Å². The fraction of sp³-hybridized carbons (Fsp3) is 0.348. The van der Waals surface area contributed by atoms with E-state index in [1.54, 1.807) is 0 Å². The number of aromatic nitrogens is 3. The second-order valence-electron chi connectivity index (χ2n) is 7.75. The van der Waals surface area contributed by atoms with Crippen LogP contribution in [0.4, 0.5) is 0 Å². The number of hydrogen-bond donors (Lipinski definition) is 0. The summed E-state index contributed by atoms with van der Waals surface area (Å²) in [6.45, 7) is 4.34. The van der Waals surface area contributed by atoms with Gasteiger partial charge in [-0.05, 0) is 44.4 Å². The van der Waals surface area contributed by atoms with Crippen molar-refractivity contribution in [3.05, 3.63) is 75.7 Å². The van der Waals surface area contributed by atoms with Crippen LogP contribution in [0, 0.1) is 6.92 Å². The van der Waals surface area contributed by atoms with Crippen LogP contribution in [0.5, 0.6) is 0 Å². The van der Waals surface area contributed by atoms with Crippen LogP contribution in [-0.2, 0) is 19.4 Å². The third-order valence-corrected chi connectivity index (χ3v) is 5.89. The Morgan fingerprint density at radius 1 is 1.21 bits per heavy atom. The first kappa shape index (κ1) is 17.9. The molecule has 0 amide bonds. The predicted molar refractivity (Wildman–Crippen MR) is 113 cm³/mol. The lowest BCUT2D eigenvalue weighted by Crippen LogP contribution is -2.33. The first-order valence-corrected chi connectivity index (χ1v) is 10.3. The summed E-state index contributed by atoms with van der Waals surface area (Å²) >= 11 is 0. The molecule has 0 fully saturated rings. The minimum absolute atomic E-state index is 0.151. The van der Waals surface area contributed by atoms with Crippen molar-refractivity contribution in [1.29, 1.82) is 0 Å². The summed E-state index contributed by atoms with van der Waals surface area (Å²) in [7, 11) is 0. The molecule has 0 bridgehead atoms. The van der Waals surface area contributed by atoms with E-state index >= 15 is 0 Å². The molecular weight excluding hydrogens is 364 g/mol. The summed E-state index contributed by atoms with van der Waals surface area (Å²) in [6, 6.07) is 7.90. The molecular formula is C23H24N4O2. The number of para-hydroxylation sites is 1. The summed E-state index contributed by atoms with van der Waals surface area (Å²) in [5, 5.41) is 5.26. The highest BCUT2D eigenvalue weighted by atomic mass is 16.5. The van der Waals surface area contributed by atoms with Gasteiger partial charge in [0.05, 0.1) is 0 Å². The molecule has 0 unspecified atom stereocenters. The Morgan fingerprint density at radius 3 is 2.97 bits per heavy atom. The SMILES string of the molecule is Cc1nc2n(c(=O)c1CCN1C=CC(c3noc4ccccc34)=CC1)CCCC2. The van der Waals surface area contributed by atoms with Gasteiger partial charge in [0.15, 0.2) is 5.58 Å². The van der Waals surface area contributed by atoms with Gasteiger partial charge in [0.2, 0.25) is 0 Å². The van der Waals surface area contributed by atoms with E-state index in [1.165, 1.54) is 0 Å². The normalized spacial score (nSPS) is 16.2. The second kappa shape index (κ2) is 7.35. The van der Waals surface area contributed by atoms with Crippen LogP contribution in [0.15, 0.2) is 51.9 Å². The smallest absolute Gasteiger partial charge is 0.256 e. The van der Waals surface area contributed by atoms with E-state index in [-0.39, 0.29) is 5.56 Å². The summed E-state index contributed by atoms with van der Waals surface area (Å²) in [5.74, 6) is 0.952. The molecule has 0 aliphatic carbocycles. The second-order valence-corrected chi connectivity index (χ2v) is 7.75. The maximum absolute atomic E-state index is 12.9. The van der Waals surface area contributed by atoms with Gasteiger partial charge in [-0.1, -0.05) is 23.4 Å². The van der Waals surface area contributed by atoms with E-state index in [1.807, 2.05) is 35.8 Å². The monoisotopic (exact) mass is 388 g/mol. The van der Waals surface area contributed by atoms with E-state index in [0.717, 1.165) is 78.2 Å². The van der Waals surface area contributed by atoms with Crippen LogP contribution in [0.3, 0.4) is 0 Å². The number of hydrogen-bond acceptors (Lipinski definition) is 5. The van der Waals surface area contributed by atoms with Gasteiger partial charge in [0.1, 0.15) is 11.5 Å². The molecule has 0 atom stereocenters. The van der Waals surface area contributed by atoms with Crippen LogP contribution >= 0.6 is 0 Å². The Bertz CT molecular complexity index is 1190. The molecule has 5 rings (SSSR count). The quantitative estimate of drug-likeness (QED) is 0.685. The van der Waals surface area contributed by atoms with Gasteiger partial charge < -0.3 is 9.42 Å². The Labute approximate surface area is 169 Å². The molecule has 6 heteroatoms. The topological polar surface area (TPSA) is 64.2 Å². The Hall–Kier alpha value is -3.15. The third-order valence-electron chi connectivity index (χ3n) is 5.89. The molecule has 2 aromatic heterocycles. The minimum Gasteiger partial charge on any atom is -0.373 e. The molecule has 6 nitrogen and oxygen atoms in total. The number of aryl methyl sites for hydroxylation is 2. The first-order chi connectivity index (χ1) is 14.2. The maximum atomic E-state index is 12.9. The van der Waals surface area contributed by atoms with Crippen LogP contribution in [0.2, 0.25) is 0 Å². The summed E-state index contributed by atoms with van der Waals surface area (Å²) < 4.78 is 7.30. The average Bonchev–Trinajstić information content (AvgIpc) is 3.18. The predicted octanol–water partition coefficient (Wildman–Crippen LogP) is 3.48. The fourth-order valence-corrected chi connectivity index (χ4v) is 4.24. The molecule has 4 heterocycles. The lowest BCUT2D eigenvalue weighted by atomic mass is 10.1. The zero-order valence-electron chi connectivity index (χ0n) is 16.6. The number of rotatable bonds is 4. The molecule has 29 heavy (non-hydrogen) atoms. The van der Waals surface area contributed by atoms with Crippen molar-refractivity contribution in [2.45, 2.75) is 39.2 Å². The van der Waals surface area contributed by atoms with Crippen LogP contribution < -0.4 is 5.56 Å². The molecule has 148 valence electrons. The largest absolute Gasteiger partial charge is 0.373 e. The van der Waals surface area contributed by atoms with Crippen molar-refractivity contribution >= 4 is 16.5 Å². The van der Waals surface area contributed by atoms with Crippen LogP contribution in [0.25, 0.3) is 16.5 Å². The molecule has 0 radical (unpaired) electrons. The van der Waals surface area contributed by atoms with Crippen LogP contribution in [0.1, 0.15) is 35.6 Å². The minimum atomic E-state index is 0.151. The van der Waals surface area contributed by atoms with Crippen molar-refractivity contribution in [3.8, 4) is 0 Å². The zero-order valence-corrected chi connectivity index (χ0v) is 16.6. The highest BCUT2D eigenvalue weighted by molar-refractivity contribution is 5.91. The highest BCUT2D eigenvalue weighted by Gasteiger charge is 2.18. The third kappa shape index (κ3) is 3.28. The standard InChI is InChI=1S/C23H24N4O2/c1-16-18(23(28)27-12-5-4-8-21(27)24-16)11-15-26-13-9-17(10-14-26)22-19-6-2-3-7-20(19)29-25-22/h2-3,6-7,9-10,13H,4-5,8,11-12,14-15H2,1H3. The van der Waals surface area contributed by atoms with Gasteiger partial charge in [-0.2, -0.15) is 0 Å². The van der Waals surface area contributed by atoms with E-state index < -0.39 is 0 Å². The summed E-state index contributed by atoms with van der Waals surface area (Å²) in [5.41, 5.74) is 4.63. The Morgan fingerprint density at radius 2 is 2.10 bits per heavy atom. The lowest BCUT2D eigenvalue weighted by Gasteiger charge is -2.23. The van der Waals surface area contributed by atoms with Crippen molar-refractivity contribution < 1.29 is 4.52 Å². The highest BCUT2D eigenvalue weighted by Crippen LogP contribution is 2.26. The van der Waals surface area contributed by atoms with Gasteiger partial charge in [-0.15, -0.1) is 0 Å². The van der Waals surface area contributed by atoms with Gasteiger partial charge in [0, 0.05) is 54.5 Å². The van der Waals surface area contributed by atoms with Gasteiger partial charge >= 0.3 is 0 Å². The molecule has 0 saturated heterocycles. The van der Waals surface area contributed by atoms with Crippen molar-refractivity contribution in [2.75, 3.05) is 13.1 Å². The summed E-state index contributed by atoms with van der Waals surface area (Å²) in [6.07, 6.45) is 10.1. The number of fused-ring (bicyclic) bond motifs is 2. The van der Waals surface area contributed by atoms with E-state index in [0.29, 0.717) is 6.42 Å². The van der Waals surface area contributed by atoms with Crippen molar-refractivity contribution in [2.24, 2.45) is 0 Å². The lowest BCUT2D eigenvalue weighted by molar-refractivity contribution is 0.412. The average molecular weight is 388 g/mol. The number of benzene rings is 1. The zero-order chi connectivity index (χ0) is 19.8. The van der Waals surface area contributed by atoms with E-state index in [4.69, 9.17) is 9.51 Å². The fourth-order valence-electron chi connectivity index (χ4n) is 4.24. The van der Waals surface area contributed by atoms with Crippen molar-refractivity contribution in [3.63, 3.8) is 0 Å².